The average Bonchev–Trinajstić information content (AvgIpc) is 2.41. The van der Waals surface area contributed by atoms with E-state index in [9.17, 15) is 9.90 Å². The molecule has 1 saturated heterocycles. The molecule has 98 valence electrons. The smallest absolute Gasteiger partial charge is 0.253 e. The fourth-order valence-corrected chi connectivity index (χ4v) is 2.64. The Bertz CT molecular complexity index is 453. The summed E-state index contributed by atoms with van der Waals surface area (Å²) in [7, 11) is 0. The summed E-state index contributed by atoms with van der Waals surface area (Å²) in [6.07, 6.45) is 1.93. The summed E-state index contributed by atoms with van der Waals surface area (Å²) < 4.78 is 0.785. The molecule has 0 radical (unpaired) electrons. The Kier molecular flexibility index (Phi) is 4.65. The Morgan fingerprint density at radius 1 is 1.56 bits per heavy atom. The van der Waals surface area contributed by atoms with Crippen molar-refractivity contribution in [3.05, 3.63) is 33.3 Å². The van der Waals surface area contributed by atoms with Crippen molar-refractivity contribution in [3.8, 4) is 0 Å². The van der Waals surface area contributed by atoms with Crippen LogP contribution in [0.1, 0.15) is 23.2 Å². The second-order valence-electron chi connectivity index (χ2n) is 4.57. The number of aliphatic hydroxyl groups excluding tert-OH is 1. The number of piperidine rings is 1. The van der Waals surface area contributed by atoms with Crippen molar-refractivity contribution in [2.45, 2.75) is 12.8 Å². The zero-order chi connectivity index (χ0) is 13.1. The minimum atomic E-state index is -0.0115. The fraction of sp³-hybridized carbons (Fsp3) is 0.462. The zero-order valence-corrected chi connectivity index (χ0v) is 12.2. The van der Waals surface area contributed by atoms with E-state index in [-0.39, 0.29) is 18.4 Å². The van der Waals surface area contributed by atoms with Gasteiger partial charge in [0.2, 0.25) is 0 Å². The van der Waals surface area contributed by atoms with E-state index in [2.05, 4.69) is 15.9 Å². The number of amides is 1. The van der Waals surface area contributed by atoms with Gasteiger partial charge in [-0.3, -0.25) is 4.79 Å². The molecule has 1 amide bonds. The van der Waals surface area contributed by atoms with Gasteiger partial charge in [-0.05, 0) is 52.9 Å². The number of benzene rings is 1. The first-order valence-electron chi connectivity index (χ1n) is 5.97. The molecular weight excluding hydrogens is 318 g/mol. The Morgan fingerprint density at radius 2 is 2.33 bits per heavy atom. The van der Waals surface area contributed by atoms with E-state index in [0.29, 0.717) is 17.1 Å². The van der Waals surface area contributed by atoms with E-state index in [1.165, 1.54) is 0 Å². The van der Waals surface area contributed by atoms with E-state index >= 15 is 0 Å². The van der Waals surface area contributed by atoms with Crippen LogP contribution >= 0.6 is 27.5 Å². The molecule has 1 atom stereocenters. The second kappa shape index (κ2) is 6.04. The number of halogens is 2. The van der Waals surface area contributed by atoms with Gasteiger partial charge < -0.3 is 10.0 Å². The summed E-state index contributed by atoms with van der Waals surface area (Å²) in [5.74, 6) is 0.191. The van der Waals surface area contributed by atoms with Gasteiger partial charge in [-0.2, -0.15) is 0 Å². The molecule has 0 aromatic heterocycles. The van der Waals surface area contributed by atoms with E-state index < -0.39 is 0 Å². The predicted octanol–water partition coefficient (Wildman–Crippen LogP) is 2.95. The molecule has 1 aromatic carbocycles. The Morgan fingerprint density at radius 3 is 3.00 bits per heavy atom. The van der Waals surface area contributed by atoms with Gasteiger partial charge in [-0.15, -0.1) is 0 Å². The van der Waals surface area contributed by atoms with Gasteiger partial charge >= 0.3 is 0 Å². The molecule has 1 aliphatic rings. The highest BCUT2D eigenvalue weighted by Crippen LogP contribution is 2.25. The number of hydrogen-bond acceptors (Lipinski definition) is 2. The zero-order valence-electron chi connectivity index (χ0n) is 9.90. The Hall–Kier alpha value is -0.580. The number of aliphatic hydroxyl groups is 1. The molecule has 0 aliphatic carbocycles. The molecule has 5 heteroatoms. The van der Waals surface area contributed by atoms with Crippen LogP contribution in [0, 0.1) is 5.92 Å². The molecule has 1 unspecified atom stereocenters. The molecule has 1 aliphatic heterocycles. The summed E-state index contributed by atoms with van der Waals surface area (Å²) in [6, 6.07) is 5.22. The highest BCUT2D eigenvalue weighted by molar-refractivity contribution is 9.10. The molecule has 1 aromatic rings. The largest absolute Gasteiger partial charge is 0.396 e. The van der Waals surface area contributed by atoms with Crippen molar-refractivity contribution < 1.29 is 9.90 Å². The molecule has 0 bridgehead atoms. The molecule has 1 N–H and O–H groups in total. The van der Waals surface area contributed by atoms with Gasteiger partial charge in [0.1, 0.15) is 0 Å². The minimum absolute atomic E-state index is 0.0115. The van der Waals surface area contributed by atoms with Crippen molar-refractivity contribution in [3.63, 3.8) is 0 Å². The van der Waals surface area contributed by atoms with Gasteiger partial charge in [0.25, 0.3) is 5.91 Å². The van der Waals surface area contributed by atoms with Gasteiger partial charge in [0.15, 0.2) is 0 Å². The van der Waals surface area contributed by atoms with Gasteiger partial charge in [0.05, 0.1) is 5.02 Å². The Balaban J connectivity index is 2.12. The summed E-state index contributed by atoms with van der Waals surface area (Å²) in [6.45, 7) is 1.52. The van der Waals surface area contributed by atoms with Gasteiger partial charge in [-0.1, -0.05) is 11.6 Å². The number of nitrogens with zero attached hydrogens (tertiary/aromatic N) is 1. The van der Waals surface area contributed by atoms with Gasteiger partial charge in [0, 0.05) is 29.7 Å². The van der Waals surface area contributed by atoms with E-state index in [1.54, 1.807) is 23.1 Å². The van der Waals surface area contributed by atoms with Crippen molar-refractivity contribution in [2.24, 2.45) is 5.92 Å². The number of carbonyl (C=O) groups excluding carboxylic acids is 1. The van der Waals surface area contributed by atoms with E-state index in [1.807, 2.05) is 0 Å². The normalized spacial score (nSPS) is 19.9. The van der Waals surface area contributed by atoms with Gasteiger partial charge in [-0.25, -0.2) is 0 Å². The van der Waals surface area contributed by atoms with Crippen LogP contribution in [0.2, 0.25) is 5.02 Å². The first kappa shape index (κ1) is 13.8. The molecule has 1 heterocycles. The highest BCUT2D eigenvalue weighted by Gasteiger charge is 2.24. The van der Waals surface area contributed by atoms with Crippen molar-refractivity contribution in [1.82, 2.24) is 4.90 Å². The van der Waals surface area contributed by atoms with Crippen molar-refractivity contribution >= 4 is 33.4 Å². The first-order chi connectivity index (χ1) is 8.61. The fourth-order valence-electron chi connectivity index (χ4n) is 2.21. The van der Waals surface area contributed by atoms with Crippen LogP contribution in [0.4, 0.5) is 0 Å². The molecule has 0 saturated carbocycles. The number of hydrogen-bond donors (Lipinski definition) is 1. The van der Waals surface area contributed by atoms with Crippen LogP contribution in [0.25, 0.3) is 0 Å². The van der Waals surface area contributed by atoms with Crippen molar-refractivity contribution in [2.75, 3.05) is 19.7 Å². The topological polar surface area (TPSA) is 40.5 Å². The number of likely N-dealkylation sites (tertiary alicyclic amines) is 1. The summed E-state index contributed by atoms with van der Waals surface area (Å²) in [5, 5.41) is 9.71. The number of rotatable bonds is 2. The van der Waals surface area contributed by atoms with E-state index in [0.717, 1.165) is 23.9 Å². The molecule has 0 spiro atoms. The van der Waals surface area contributed by atoms with Crippen LogP contribution < -0.4 is 0 Å². The lowest BCUT2D eigenvalue weighted by Crippen LogP contribution is -2.40. The molecular formula is C13H15BrClNO2. The number of carbonyl (C=O) groups is 1. The quantitative estimate of drug-likeness (QED) is 0.904. The molecule has 1 fully saturated rings. The lowest BCUT2D eigenvalue weighted by molar-refractivity contribution is 0.0620. The third kappa shape index (κ3) is 3.05. The van der Waals surface area contributed by atoms with Crippen LogP contribution in [0.15, 0.2) is 22.7 Å². The van der Waals surface area contributed by atoms with E-state index in [4.69, 9.17) is 11.6 Å². The molecule has 3 nitrogen and oxygen atoms in total. The summed E-state index contributed by atoms with van der Waals surface area (Å²) in [4.78, 5) is 14.1. The monoisotopic (exact) mass is 331 g/mol. The highest BCUT2D eigenvalue weighted by atomic mass is 79.9. The van der Waals surface area contributed by atoms with Crippen LogP contribution in [-0.4, -0.2) is 35.6 Å². The standard InChI is InChI=1S/C13H15BrClNO2/c14-11-4-3-10(6-12(11)15)13(18)16-5-1-2-9(7-16)8-17/h3-4,6,9,17H,1-2,5,7-8H2. The maximum Gasteiger partial charge on any atom is 0.253 e. The lowest BCUT2D eigenvalue weighted by Gasteiger charge is -2.32. The maximum absolute atomic E-state index is 12.3. The lowest BCUT2D eigenvalue weighted by atomic mass is 9.98. The van der Waals surface area contributed by atoms with Crippen LogP contribution in [0.3, 0.4) is 0 Å². The summed E-state index contributed by atoms with van der Waals surface area (Å²) in [5.41, 5.74) is 0.599. The van der Waals surface area contributed by atoms with Crippen LogP contribution in [0.5, 0.6) is 0 Å². The maximum atomic E-state index is 12.3. The third-order valence-corrected chi connectivity index (χ3v) is 4.46. The summed E-state index contributed by atoms with van der Waals surface area (Å²) >= 11 is 9.30. The SMILES string of the molecule is O=C(c1ccc(Br)c(Cl)c1)N1CCCC(CO)C1. The minimum Gasteiger partial charge on any atom is -0.396 e. The van der Waals surface area contributed by atoms with Crippen LogP contribution in [-0.2, 0) is 0 Å². The third-order valence-electron chi connectivity index (χ3n) is 3.23. The average molecular weight is 333 g/mol. The van der Waals surface area contributed by atoms with Crippen molar-refractivity contribution in [1.29, 1.82) is 0 Å². The first-order valence-corrected chi connectivity index (χ1v) is 7.14. The molecule has 2 rings (SSSR count). The predicted molar refractivity (Wildman–Crippen MR) is 74.9 cm³/mol. The second-order valence-corrected chi connectivity index (χ2v) is 5.83. The molecule has 18 heavy (non-hydrogen) atoms. The Labute approximate surface area is 120 Å².